The average Bonchev–Trinajstić information content (AvgIpc) is 3.62. The van der Waals surface area contributed by atoms with Crippen LogP contribution >= 0.6 is 0 Å². The number of aromatic nitrogens is 4. The van der Waals surface area contributed by atoms with Crippen LogP contribution in [0.5, 0.6) is 0 Å². The van der Waals surface area contributed by atoms with Crippen LogP contribution in [0.2, 0.25) is 0 Å². The lowest BCUT2D eigenvalue weighted by atomic mass is 9.72. The first-order valence-corrected chi connectivity index (χ1v) is 14.2. The summed E-state index contributed by atoms with van der Waals surface area (Å²) in [5.41, 5.74) is 19.7. The Hall–Kier alpha value is -3.66. The molecule has 2 unspecified atom stereocenters. The molecule has 0 spiro atoms. The molecule has 0 radical (unpaired) electrons. The molecule has 0 saturated carbocycles. The van der Waals surface area contributed by atoms with Gasteiger partial charge in [-0.25, -0.2) is 9.97 Å². The minimum Gasteiger partial charge on any atom is -0.355 e. The van der Waals surface area contributed by atoms with Crippen LogP contribution in [0.3, 0.4) is 0 Å². The highest BCUT2D eigenvalue weighted by Gasteiger charge is 2.32. The Morgan fingerprint density at radius 2 is 1.05 bits per heavy atom. The van der Waals surface area contributed by atoms with Crippen LogP contribution in [0.25, 0.3) is 44.4 Å². The Morgan fingerprint density at radius 3 is 1.63 bits per heavy atom. The van der Waals surface area contributed by atoms with Crippen molar-refractivity contribution in [3.05, 3.63) is 81.4 Å². The summed E-state index contributed by atoms with van der Waals surface area (Å²) in [7, 11) is 0. The van der Waals surface area contributed by atoms with E-state index in [1.807, 2.05) is 0 Å². The van der Waals surface area contributed by atoms with Gasteiger partial charge in [-0.15, -0.1) is 0 Å². The van der Waals surface area contributed by atoms with Crippen LogP contribution in [-0.4, -0.2) is 19.9 Å². The molecule has 3 aromatic heterocycles. The van der Waals surface area contributed by atoms with Crippen molar-refractivity contribution in [3.8, 4) is 0 Å². The third-order valence-electron chi connectivity index (χ3n) is 9.51. The van der Waals surface area contributed by atoms with Crippen molar-refractivity contribution in [1.82, 2.24) is 19.9 Å². The second kappa shape index (κ2) is 8.42. The number of fused-ring (bicyclic) bond motifs is 9. The van der Waals surface area contributed by atoms with Gasteiger partial charge in [-0.2, -0.15) is 0 Å². The Labute approximate surface area is 224 Å². The molecule has 192 valence electrons. The summed E-state index contributed by atoms with van der Waals surface area (Å²) in [6, 6.07) is 9.11. The molecule has 0 amide bonds. The molecule has 2 atom stereocenters. The molecule has 0 fully saturated rings. The summed E-state index contributed by atoms with van der Waals surface area (Å²) in [6.45, 7) is 13.3. The zero-order chi connectivity index (χ0) is 26.3. The number of hydrogen-bond donors (Lipinski definition) is 2. The van der Waals surface area contributed by atoms with Gasteiger partial charge in [0.2, 0.25) is 0 Å². The maximum atomic E-state index is 5.19. The van der Waals surface area contributed by atoms with Crippen LogP contribution in [-0.2, 0) is 0 Å². The topological polar surface area (TPSA) is 57.4 Å². The number of rotatable bonds is 2. The zero-order valence-corrected chi connectivity index (χ0v) is 23.3. The van der Waals surface area contributed by atoms with Crippen molar-refractivity contribution in [2.75, 3.05) is 0 Å². The van der Waals surface area contributed by atoms with E-state index in [9.17, 15) is 0 Å². The molecule has 2 aliphatic heterocycles. The first-order valence-electron chi connectivity index (χ1n) is 14.2. The average molecular weight is 501 g/mol. The number of aryl methyl sites for hydroxylation is 2. The van der Waals surface area contributed by atoms with Crippen LogP contribution in [0.1, 0.15) is 110 Å². The summed E-state index contributed by atoms with van der Waals surface area (Å²) in [5, 5.41) is 0. The van der Waals surface area contributed by atoms with Gasteiger partial charge in [0, 0.05) is 33.9 Å². The van der Waals surface area contributed by atoms with Crippen molar-refractivity contribution in [3.63, 3.8) is 0 Å². The normalized spacial score (nSPS) is 20.1. The standard InChI is InChI=1S/C34H36N4/c1-7-23-24(8-2)30-14-26-18(4)20(6)28(36-26)16-32-34-22-11-9-21(10-12-22)33(34)31(38-32)15-27-19(5)17(3)25(35-27)13-29(23)37-30/h9,11,13-16,21-22,35,38H,7-8,10,12H2,1-6H3. The second-order valence-corrected chi connectivity index (χ2v) is 11.4. The van der Waals surface area contributed by atoms with Gasteiger partial charge in [0.05, 0.1) is 22.8 Å². The van der Waals surface area contributed by atoms with E-state index in [1.54, 1.807) is 0 Å². The number of nitrogens with zero attached hydrogens (tertiary/aromatic N) is 2. The van der Waals surface area contributed by atoms with E-state index in [0.29, 0.717) is 11.8 Å². The maximum Gasteiger partial charge on any atom is 0.0694 e. The Bertz CT molecular complexity index is 1790. The molecule has 10 bridgehead atoms. The fourth-order valence-electron chi connectivity index (χ4n) is 7.03. The predicted octanol–water partition coefficient (Wildman–Crippen LogP) is 9.14. The van der Waals surface area contributed by atoms with Crippen molar-refractivity contribution in [1.29, 1.82) is 0 Å². The minimum absolute atomic E-state index is 0.478. The monoisotopic (exact) mass is 500 g/mol. The van der Waals surface area contributed by atoms with Crippen LogP contribution in [0.4, 0.5) is 0 Å². The molecule has 0 aromatic carbocycles. The molecule has 5 aliphatic rings. The van der Waals surface area contributed by atoms with Gasteiger partial charge in [-0.1, -0.05) is 26.0 Å². The third-order valence-corrected chi connectivity index (χ3v) is 9.51. The quantitative estimate of drug-likeness (QED) is 0.345. The van der Waals surface area contributed by atoms with Crippen molar-refractivity contribution in [2.24, 2.45) is 0 Å². The number of H-pyrrole nitrogens is 2. The molecule has 4 nitrogen and oxygen atoms in total. The maximum absolute atomic E-state index is 5.19. The third kappa shape index (κ3) is 3.28. The first-order chi connectivity index (χ1) is 18.4. The van der Waals surface area contributed by atoms with E-state index >= 15 is 0 Å². The lowest BCUT2D eigenvalue weighted by Gasteiger charge is -2.31. The van der Waals surface area contributed by atoms with Gasteiger partial charge in [-0.05, 0) is 122 Å². The Kier molecular flexibility index (Phi) is 5.20. The largest absolute Gasteiger partial charge is 0.355 e. The summed E-state index contributed by atoms with van der Waals surface area (Å²) >= 11 is 0. The Morgan fingerprint density at radius 1 is 0.605 bits per heavy atom. The van der Waals surface area contributed by atoms with Gasteiger partial charge in [0.15, 0.2) is 0 Å². The lowest BCUT2D eigenvalue weighted by molar-refractivity contribution is 0.562. The fourth-order valence-corrected chi connectivity index (χ4v) is 7.03. The summed E-state index contributed by atoms with van der Waals surface area (Å²) in [4.78, 5) is 18.0. The smallest absolute Gasteiger partial charge is 0.0694 e. The molecular formula is C34H36N4. The highest BCUT2D eigenvalue weighted by atomic mass is 14.8. The molecule has 5 heterocycles. The number of nitrogens with one attached hydrogen (secondary N) is 2. The van der Waals surface area contributed by atoms with Crippen LogP contribution < -0.4 is 0 Å². The minimum atomic E-state index is 0.478. The van der Waals surface area contributed by atoms with Gasteiger partial charge >= 0.3 is 0 Å². The molecule has 8 rings (SSSR count). The fraction of sp³-hybridized carbons (Fsp3) is 0.353. The summed E-state index contributed by atoms with van der Waals surface area (Å²) in [5.74, 6) is 0.959. The van der Waals surface area contributed by atoms with E-state index in [-0.39, 0.29) is 0 Å². The summed E-state index contributed by atoms with van der Waals surface area (Å²) in [6.07, 6.45) is 9.23. The molecule has 3 aromatic rings. The van der Waals surface area contributed by atoms with E-state index < -0.39 is 0 Å². The summed E-state index contributed by atoms with van der Waals surface area (Å²) < 4.78 is 0. The molecule has 0 saturated heterocycles. The second-order valence-electron chi connectivity index (χ2n) is 11.4. The van der Waals surface area contributed by atoms with E-state index in [0.717, 1.165) is 41.1 Å². The zero-order valence-electron chi connectivity index (χ0n) is 23.3. The van der Waals surface area contributed by atoms with E-state index in [4.69, 9.17) is 9.97 Å². The van der Waals surface area contributed by atoms with Gasteiger partial charge < -0.3 is 9.97 Å². The molecule has 4 heteroatoms. The van der Waals surface area contributed by atoms with E-state index in [2.05, 4.69) is 87.9 Å². The lowest BCUT2D eigenvalue weighted by Crippen LogP contribution is -2.15. The van der Waals surface area contributed by atoms with Crippen molar-refractivity contribution < 1.29 is 0 Å². The molecule has 38 heavy (non-hydrogen) atoms. The molecular weight excluding hydrogens is 464 g/mol. The highest BCUT2D eigenvalue weighted by Crippen LogP contribution is 2.49. The van der Waals surface area contributed by atoms with Crippen molar-refractivity contribution >= 4 is 44.4 Å². The van der Waals surface area contributed by atoms with E-state index in [1.165, 1.54) is 73.9 Å². The predicted molar refractivity (Wildman–Crippen MR) is 160 cm³/mol. The number of aromatic amines is 2. The van der Waals surface area contributed by atoms with Crippen LogP contribution in [0, 0.1) is 13.8 Å². The Balaban J connectivity index is 1.65. The number of allylic oxidation sites excluding steroid dienone is 6. The van der Waals surface area contributed by atoms with Crippen LogP contribution in [0.15, 0.2) is 36.4 Å². The molecule has 3 aliphatic carbocycles. The number of hydrogen-bond acceptors (Lipinski definition) is 2. The van der Waals surface area contributed by atoms with Gasteiger partial charge in [0.25, 0.3) is 0 Å². The SMILES string of the molecule is CCC1=C(CC)c2cc3[nH]c(cc4[nH]c(cc5nc(cc1n2)C(C)=C5C)c1c4C2C=CC1CC2)c(C)c3C. The first kappa shape index (κ1) is 23.5. The molecule has 2 N–H and O–H groups in total. The highest BCUT2D eigenvalue weighted by molar-refractivity contribution is 5.95. The van der Waals surface area contributed by atoms with Gasteiger partial charge in [0.1, 0.15) is 0 Å². The van der Waals surface area contributed by atoms with Gasteiger partial charge in [-0.3, -0.25) is 0 Å². The van der Waals surface area contributed by atoms with Crippen molar-refractivity contribution in [2.45, 2.75) is 79.1 Å².